The van der Waals surface area contributed by atoms with Gasteiger partial charge < -0.3 is 38.5 Å². The van der Waals surface area contributed by atoms with E-state index in [0.29, 0.717) is 11.1 Å². The highest BCUT2D eigenvalue weighted by molar-refractivity contribution is 5.94. The molecule has 69 heavy (non-hydrogen) atoms. The minimum absolute atomic E-state index is 0.0817. The number of carbonyl (C=O) groups is 8. The Morgan fingerprint density at radius 3 is 0.986 bits per heavy atom. The van der Waals surface area contributed by atoms with E-state index in [4.69, 9.17) is 18.9 Å². The van der Waals surface area contributed by atoms with Gasteiger partial charge in [-0.1, -0.05) is 116 Å². The summed E-state index contributed by atoms with van der Waals surface area (Å²) in [5, 5.41) is 0. The van der Waals surface area contributed by atoms with E-state index in [1.54, 1.807) is 42.5 Å². The number of esters is 4. The molecule has 0 bridgehead atoms. The lowest BCUT2D eigenvalue weighted by Gasteiger charge is -2.35. The van der Waals surface area contributed by atoms with Gasteiger partial charge in [-0.2, -0.15) is 0 Å². The van der Waals surface area contributed by atoms with E-state index < -0.39 is 96.1 Å². The highest BCUT2D eigenvalue weighted by Gasteiger charge is 2.43. The molecule has 8 atom stereocenters. The number of amides is 4. The molecule has 0 unspecified atom stereocenters. The van der Waals surface area contributed by atoms with Crippen molar-refractivity contribution in [3.8, 4) is 0 Å². The molecule has 382 valence electrons. The van der Waals surface area contributed by atoms with Crippen LogP contribution in [0.15, 0.2) is 54.6 Å². The number of nitrogens with zero attached hydrogens (tertiary/aromatic N) is 4. The van der Waals surface area contributed by atoms with Crippen molar-refractivity contribution in [3.05, 3.63) is 71.3 Å². The molecule has 4 amide bonds. The standard InChI is InChI=1S/C53H78N4O12/c1-31(2)25-40-50(62)66-37(11)47(59)55(13)43(28-34(7)8)53(65)69-45(30-39-23-21-35(9)22-24-39)49(61)57(15)41(26-32(3)4)51(63)67-36(10)46(58)54(12)42(27-33(5)6)52(64)68-44(48(60)56(40)14)29-38-19-17-16-18-20-38/h16-24,31-34,36-37,40-45H,25-30H2,1-15H3/t36-,37-,40+,41+,42+,43+,44-,45-/m1/s1. The molecule has 16 nitrogen and oxygen atoms in total. The Morgan fingerprint density at radius 2 is 0.681 bits per heavy atom. The van der Waals surface area contributed by atoms with Gasteiger partial charge in [-0.25, -0.2) is 19.2 Å². The first-order valence-corrected chi connectivity index (χ1v) is 24.2. The second-order valence-corrected chi connectivity index (χ2v) is 20.3. The van der Waals surface area contributed by atoms with Crippen molar-refractivity contribution in [2.24, 2.45) is 23.7 Å². The molecular weight excluding hydrogens is 885 g/mol. The van der Waals surface area contributed by atoms with Crippen LogP contribution in [0.1, 0.15) is 112 Å². The fourth-order valence-corrected chi connectivity index (χ4v) is 8.25. The molecule has 0 N–H and O–H groups in total. The average molecular weight is 963 g/mol. The quantitative estimate of drug-likeness (QED) is 0.180. The fraction of sp³-hybridized carbons (Fsp3) is 0.623. The summed E-state index contributed by atoms with van der Waals surface area (Å²) in [6, 6.07) is 11.2. The summed E-state index contributed by atoms with van der Waals surface area (Å²) in [5.41, 5.74) is 2.27. The number of hydrogen-bond acceptors (Lipinski definition) is 12. The zero-order valence-corrected chi connectivity index (χ0v) is 43.6. The number of carbonyl (C=O) groups excluding carboxylic acids is 8. The highest BCUT2D eigenvalue weighted by Crippen LogP contribution is 2.24. The Bertz CT molecular complexity index is 2060. The Morgan fingerprint density at radius 1 is 0.406 bits per heavy atom. The summed E-state index contributed by atoms with van der Waals surface area (Å²) in [6.45, 7) is 19.5. The molecule has 16 heteroatoms. The van der Waals surface area contributed by atoms with Crippen molar-refractivity contribution in [1.29, 1.82) is 0 Å². The van der Waals surface area contributed by atoms with Gasteiger partial charge in [0.05, 0.1) is 0 Å². The monoisotopic (exact) mass is 963 g/mol. The van der Waals surface area contributed by atoms with Crippen LogP contribution in [0.4, 0.5) is 0 Å². The van der Waals surface area contributed by atoms with Crippen molar-refractivity contribution in [3.63, 3.8) is 0 Å². The van der Waals surface area contributed by atoms with Crippen LogP contribution < -0.4 is 0 Å². The first-order chi connectivity index (χ1) is 32.2. The molecule has 2 aromatic rings. The minimum Gasteiger partial charge on any atom is -0.451 e. The van der Waals surface area contributed by atoms with E-state index in [1.807, 2.05) is 74.4 Å². The van der Waals surface area contributed by atoms with E-state index in [-0.39, 0.29) is 62.2 Å². The molecule has 1 aliphatic rings. The fourth-order valence-electron chi connectivity index (χ4n) is 8.25. The van der Waals surface area contributed by atoms with Gasteiger partial charge in [0.2, 0.25) is 0 Å². The van der Waals surface area contributed by atoms with Crippen molar-refractivity contribution >= 4 is 47.5 Å². The van der Waals surface area contributed by atoms with E-state index in [2.05, 4.69) is 0 Å². The molecule has 1 heterocycles. The van der Waals surface area contributed by atoms with E-state index in [0.717, 1.165) is 25.2 Å². The molecule has 0 radical (unpaired) electrons. The molecule has 3 rings (SSSR count). The van der Waals surface area contributed by atoms with Gasteiger partial charge in [-0.15, -0.1) is 0 Å². The molecule has 0 aromatic heterocycles. The second-order valence-electron chi connectivity index (χ2n) is 20.3. The molecule has 1 saturated heterocycles. The average Bonchev–Trinajstić information content (AvgIpc) is 3.28. The number of rotatable bonds is 12. The summed E-state index contributed by atoms with van der Waals surface area (Å²) in [7, 11) is 5.57. The van der Waals surface area contributed by atoms with Gasteiger partial charge in [-0.3, -0.25) is 19.2 Å². The number of ether oxygens (including phenoxy) is 4. The first kappa shape index (κ1) is 57.5. The molecule has 1 fully saturated rings. The first-order valence-electron chi connectivity index (χ1n) is 24.2. The molecule has 2 aromatic carbocycles. The molecule has 0 saturated carbocycles. The largest absolute Gasteiger partial charge is 0.451 e. The van der Waals surface area contributed by atoms with Crippen LogP contribution in [0.2, 0.25) is 0 Å². The van der Waals surface area contributed by atoms with Crippen LogP contribution in [0, 0.1) is 30.6 Å². The topological polar surface area (TPSA) is 186 Å². The van der Waals surface area contributed by atoms with Gasteiger partial charge >= 0.3 is 23.9 Å². The van der Waals surface area contributed by atoms with Crippen LogP contribution in [0.5, 0.6) is 0 Å². The third-order valence-electron chi connectivity index (χ3n) is 12.3. The lowest BCUT2D eigenvalue weighted by atomic mass is 10.00. The molecule has 1 aliphatic heterocycles. The maximum absolute atomic E-state index is 14.7. The predicted molar refractivity (Wildman–Crippen MR) is 260 cm³/mol. The summed E-state index contributed by atoms with van der Waals surface area (Å²) < 4.78 is 23.8. The Kier molecular flexibility index (Phi) is 21.9. The van der Waals surface area contributed by atoms with Crippen LogP contribution in [-0.2, 0) is 70.1 Å². The molecule has 0 spiro atoms. The summed E-state index contributed by atoms with van der Waals surface area (Å²) >= 11 is 0. The highest BCUT2D eigenvalue weighted by atomic mass is 16.6. The Labute approximate surface area is 409 Å². The second kappa shape index (κ2) is 26.3. The smallest absolute Gasteiger partial charge is 0.329 e. The zero-order chi connectivity index (χ0) is 52.0. The lowest BCUT2D eigenvalue weighted by Crippen LogP contribution is -2.55. The third kappa shape index (κ3) is 16.7. The van der Waals surface area contributed by atoms with Gasteiger partial charge in [0.15, 0.2) is 24.4 Å². The Hall–Kier alpha value is -5.80. The van der Waals surface area contributed by atoms with Crippen LogP contribution in [0.25, 0.3) is 0 Å². The van der Waals surface area contributed by atoms with Crippen LogP contribution >= 0.6 is 0 Å². The lowest BCUT2D eigenvalue weighted by molar-refractivity contribution is -0.176. The summed E-state index contributed by atoms with van der Waals surface area (Å²) in [4.78, 5) is 120. The molecule has 0 aliphatic carbocycles. The number of hydrogen-bond donors (Lipinski definition) is 0. The number of likely N-dealkylation sites (N-methyl/N-ethyl adjacent to an activating group) is 4. The summed E-state index contributed by atoms with van der Waals surface area (Å²) in [5.74, 6) is -7.13. The van der Waals surface area contributed by atoms with E-state index in [9.17, 15) is 38.4 Å². The number of cyclic esters (lactones) is 4. The van der Waals surface area contributed by atoms with Gasteiger partial charge in [-0.05, 0) is 81.3 Å². The minimum atomic E-state index is -1.48. The van der Waals surface area contributed by atoms with Gasteiger partial charge in [0.1, 0.15) is 24.2 Å². The summed E-state index contributed by atoms with van der Waals surface area (Å²) in [6.07, 6.45) is -5.57. The maximum atomic E-state index is 14.7. The number of aryl methyl sites for hydroxylation is 1. The van der Waals surface area contributed by atoms with Crippen molar-refractivity contribution in [2.75, 3.05) is 28.2 Å². The normalized spacial score (nSPS) is 25.0. The SMILES string of the molecule is Cc1ccc(C[C@H]2OC(=O)[C@H](CC(C)C)N(C)C(=O)[C@@H](C)OC(=O)[C@H](CC(C)C)N(C)C(=O)[C@@H](Cc3ccccc3)OC(=O)[C@H](CC(C)C)N(C)C(=O)[C@@H](C)OC(=O)[C@H](CC(C)C)N(C)C2=O)cc1. The van der Waals surface area contributed by atoms with Crippen molar-refractivity contribution in [2.45, 2.75) is 163 Å². The van der Waals surface area contributed by atoms with Gasteiger partial charge in [0.25, 0.3) is 23.6 Å². The third-order valence-corrected chi connectivity index (χ3v) is 12.3. The van der Waals surface area contributed by atoms with Gasteiger partial charge in [0, 0.05) is 41.0 Å². The Balaban J connectivity index is 2.25. The van der Waals surface area contributed by atoms with Crippen LogP contribution in [-0.4, -0.2) is 144 Å². The molecular formula is C53H78N4O12. The van der Waals surface area contributed by atoms with Crippen LogP contribution in [0.3, 0.4) is 0 Å². The van der Waals surface area contributed by atoms with E-state index >= 15 is 0 Å². The zero-order valence-electron chi connectivity index (χ0n) is 43.6. The number of benzene rings is 2. The van der Waals surface area contributed by atoms with Crippen molar-refractivity contribution in [1.82, 2.24) is 19.6 Å². The van der Waals surface area contributed by atoms with E-state index in [1.165, 1.54) is 42.0 Å². The van der Waals surface area contributed by atoms with Crippen molar-refractivity contribution < 1.29 is 57.3 Å². The maximum Gasteiger partial charge on any atom is 0.329 e. The predicted octanol–water partition coefficient (Wildman–Crippen LogP) is 5.97.